The van der Waals surface area contributed by atoms with Gasteiger partial charge in [0.1, 0.15) is 11.6 Å². The molecule has 0 aliphatic heterocycles. The summed E-state index contributed by atoms with van der Waals surface area (Å²) >= 11 is 0. The highest BCUT2D eigenvalue weighted by atomic mass is 19.1. The molecular weight excluding hydrogens is 256 g/mol. The standard InChI is InChI=1S/C17H23F2N/c1-11-6-12(2)8-14(7-11)10-20-13(3)16-9-15(18)4-5-17(16)19/h4-6,9,11,13-14,20H,7-8,10H2,1-3H3. The number of rotatable bonds is 4. The average Bonchev–Trinajstić information content (AvgIpc) is 2.38. The lowest BCUT2D eigenvalue weighted by molar-refractivity contribution is 0.364. The quantitative estimate of drug-likeness (QED) is 0.794. The summed E-state index contributed by atoms with van der Waals surface area (Å²) in [7, 11) is 0. The highest BCUT2D eigenvalue weighted by Crippen LogP contribution is 2.28. The van der Waals surface area contributed by atoms with Gasteiger partial charge >= 0.3 is 0 Å². The first-order valence-electron chi connectivity index (χ1n) is 7.31. The Morgan fingerprint density at radius 2 is 2.10 bits per heavy atom. The van der Waals surface area contributed by atoms with E-state index in [1.54, 1.807) is 0 Å². The van der Waals surface area contributed by atoms with Gasteiger partial charge in [-0.25, -0.2) is 8.78 Å². The van der Waals surface area contributed by atoms with E-state index < -0.39 is 0 Å². The van der Waals surface area contributed by atoms with E-state index in [-0.39, 0.29) is 17.7 Å². The van der Waals surface area contributed by atoms with Crippen molar-refractivity contribution in [2.75, 3.05) is 6.54 Å². The van der Waals surface area contributed by atoms with Crippen LogP contribution in [0.3, 0.4) is 0 Å². The third-order valence-electron chi connectivity index (χ3n) is 4.02. The van der Waals surface area contributed by atoms with E-state index in [2.05, 4.69) is 25.2 Å². The zero-order chi connectivity index (χ0) is 14.7. The fourth-order valence-corrected chi connectivity index (χ4v) is 3.14. The molecule has 0 fully saturated rings. The van der Waals surface area contributed by atoms with Gasteiger partial charge in [0.05, 0.1) is 0 Å². The fraction of sp³-hybridized carbons (Fsp3) is 0.529. The molecule has 3 atom stereocenters. The molecule has 1 nitrogen and oxygen atoms in total. The molecule has 0 spiro atoms. The van der Waals surface area contributed by atoms with Gasteiger partial charge in [-0.1, -0.05) is 18.6 Å². The van der Waals surface area contributed by atoms with Gasteiger partial charge in [0, 0.05) is 11.6 Å². The zero-order valence-electron chi connectivity index (χ0n) is 12.4. The van der Waals surface area contributed by atoms with Gasteiger partial charge in [-0.2, -0.15) is 0 Å². The summed E-state index contributed by atoms with van der Waals surface area (Å²) in [6, 6.07) is 3.45. The lowest BCUT2D eigenvalue weighted by atomic mass is 9.83. The predicted octanol–water partition coefficient (Wildman–Crippen LogP) is 4.61. The SMILES string of the molecule is CC1=CC(C)CC(CNC(C)c2cc(F)ccc2F)C1. The van der Waals surface area contributed by atoms with Crippen molar-refractivity contribution >= 4 is 0 Å². The minimum Gasteiger partial charge on any atom is -0.310 e. The molecule has 1 aromatic rings. The van der Waals surface area contributed by atoms with Crippen LogP contribution < -0.4 is 5.32 Å². The van der Waals surface area contributed by atoms with Crippen molar-refractivity contribution in [1.29, 1.82) is 0 Å². The highest BCUT2D eigenvalue weighted by molar-refractivity contribution is 5.21. The summed E-state index contributed by atoms with van der Waals surface area (Å²) in [5.41, 5.74) is 1.83. The molecule has 1 aliphatic rings. The van der Waals surface area contributed by atoms with Crippen LogP contribution in [0, 0.1) is 23.5 Å². The first-order chi connectivity index (χ1) is 9.45. The van der Waals surface area contributed by atoms with E-state index in [1.807, 2.05) is 6.92 Å². The molecule has 3 unspecified atom stereocenters. The summed E-state index contributed by atoms with van der Waals surface area (Å²) in [6.07, 6.45) is 4.57. The van der Waals surface area contributed by atoms with Gasteiger partial charge in [-0.3, -0.25) is 0 Å². The van der Waals surface area contributed by atoms with E-state index in [4.69, 9.17) is 0 Å². The minimum atomic E-state index is -0.389. The lowest BCUT2D eigenvalue weighted by Crippen LogP contribution is -2.28. The van der Waals surface area contributed by atoms with Gasteiger partial charge < -0.3 is 5.32 Å². The molecule has 0 aromatic heterocycles. The molecule has 0 saturated carbocycles. The van der Waals surface area contributed by atoms with E-state index in [9.17, 15) is 8.78 Å². The van der Waals surface area contributed by atoms with E-state index in [0.29, 0.717) is 17.4 Å². The maximum Gasteiger partial charge on any atom is 0.128 e. The highest BCUT2D eigenvalue weighted by Gasteiger charge is 2.19. The van der Waals surface area contributed by atoms with Crippen molar-refractivity contribution in [1.82, 2.24) is 5.32 Å². The van der Waals surface area contributed by atoms with Crippen molar-refractivity contribution < 1.29 is 8.78 Å². The molecule has 0 amide bonds. The first kappa shape index (κ1) is 15.2. The van der Waals surface area contributed by atoms with Crippen LogP contribution in [-0.2, 0) is 0 Å². The monoisotopic (exact) mass is 279 g/mol. The van der Waals surface area contributed by atoms with Crippen LogP contribution in [0.15, 0.2) is 29.8 Å². The Labute approximate surface area is 120 Å². The lowest BCUT2D eigenvalue weighted by Gasteiger charge is -2.27. The molecule has 3 heteroatoms. The Hall–Kier alpha value is -1.22. The van der Waals surface area contributed by atoms with Gasteiger partial charge in [0.15, 0.2) is 0 Å². The second kappa shape index (κ2) is 6.49. The molecule has 0 heterocycles. The normalized spacial score (nSPS) is 24.4. The Balaban J connectivity index is 1.94. The van der Waals surface area contributed by atoms with Crippen LogP contribution in [0.25, 0.3) is 0 Å². The molecule has 110 valence electrons. The topological polar surface area (TPSA) is 12.0 Å². The second-order valence-corrected chi connectivity index (χ2v) is 6.09. The van der Waals surface area contributed by atoms with Crippen LogP contribution in [-0.4, -0.2) is 6.54 Å². The van der Waals surface area contributed by atoms with Crippen molar-refractivity contribution in [3.8, 4) is 0 Å². The third-order valence-corrected chi connectivity index (χ3v) is 4.02. The molecule has 0 radical (unpaired) electrons. The van der Waals surface area contributed by atoms with Crippen LogP contribution in [0.4, 0.5) is 8.78 Å². The molecule has 2 rings (SSSR count). The van der Waals surface area contributed by atoms with E-state index in [0.717, 1.165) is 25.5 Å². The maximum absolute atomic E-state index is 13.7. The third kappa shape index (κ3) is 3.89. The van der Waals surface area contributed by atoms with Crippen molar-refractivity contribution in [2.45, 2.75) is 39.7 Å². The Bertz CT molecular complexity index is 496. The molecule has 1 aromatic carbocycles. The number of hydrogen-bond donors (Lipinski definition) is 1. The second-order valence-electron chi connectivity index (χ2n) is 6.09. The predicted molar refractivity (Wildman–Crippen MR) is 78.4 cm³/mol. The Kier molecular flexibility index (Phi) is 4.92. The molecule has 0 bridgehead atoms. The summed E-state index contributed by atoms with van der Waals surface area (Å²) in [4.78, 5) is 0. The largest absolute Gasteiger partial charge is 0.310 e. The number of hydrogen-bond acceptors (Lipinski definition) is 1. The molecule has 0 saturated heterocycles. The Morgan fingerprint density at radius 3 is 2.80 bits per heavy atom. The Morgan fingerprint density at radius 1 is 1.35 bits per heavy atom. The van der Waals surface area contributed by atoms with E-state index in [1.165, 1.54) is 17.7 Å². The summed E-state index contributed by atoms with van der Waals surface area (Å²) < 4.78 is 26.9. The van der Waals surface area contributed by atoms with Crippen molar-refractivity contribution in [3.05, 3.63) is 47.0 Å². The van der Waals surface area contributed by atoms with Gasteiger partial charge in [0.25, 0.3) is 0 Å². The van der Waals surface area contributed by atoms with Gasteiger partial charge in [-0.15, -0.1) is 0 Å². The zero-order valence-corrected chi connectivity index (χ0v) is 12.4. The summed E-state index contributed by atoms with van der Waals surface area (Å²) in [6.45, 7) is 7.11. The minimum absolute atomic E-state index is 0.174. The van der Waals surface area contributed by atoms with Gasteiger partial charge in [-0.05, 0) is 63.3 Å². The molecule has 1 N–H and O–H groups in total. The average molecular weight is 279 g/mol. The van der Waals surface area contributed by atoms with Crippen molar-refractivity contribution in [2.24, 2.45) is 11.8 Å². The number of nitrogens with one attached hydrogen (secondary N) is 1. The summed E-state index contributed by atoms with van der Waals surface area (Å²) in [5.74, 6) is 0.449. The van der Waals surface area contributed by atoms with Gasteiger partial charge in [0.2, 0.25) is 0 Å². The van der Waals surface area contributed by atoms with E-state index >= 15 is 0 Å². The fourth-order valence-electron chi connectivity index (χ4n) is 3.14. The molecular formula is C17H23F2N. The van der Waals surface area contributed by atoms with Crippen LogP contribution in [0.2, 0.25) is 0 Å². The van der Waals surface area contributed by atoms with Crippen molar-refractivity contribution in [3.63, 3.8) is 0 Å². The first-order valence-corrected chi connectivity index (χ1v) is 7.31. The molecule has 20 heavy (non-hydrogen) atoms. The van der Waals surface area contributed by atoms with Crippen LogP contribution >= 0.6 is 0 Å². The number of halogens is 2. The summed E-state index contributed by atoms with van der Waals surface area (Å²) in [5, 5.41) is 3.34. The maximum atomic E-state index is 13.7. The number of benzene rings is 1. The van der Waals surface area contributed by atoms with Crippen LogP contribution in [0.1, 0.15) is 45.2 Å². The smallest absolute Gasteiger partial charge is 0.128 e. The molecule has 1 aliphatic carbocycles. The number of allylic oxidation sites excluding steroid dienone is 2. The van der Waals surface area contributed by atoms with Crippen LogP contribution in [0.5, 0.6) is 0 Å².